The van der Waals surface area contributed by atoms with E-state index in [1.54, 1.807) is 6.92 Å². The molecule has 8 heteroatoms. The Kier molecular flexibility index (Phi) is 5.24. The first kappa shape index (κ1) is 16.7. The quantitative estimate of drug-likeness (QED) is 0.596. The Morgan fingerprint density at radius 3 is 2.71 bits per heavy atom. The van der Waals surface area contributed by atoms with Crippen LogP contribution in [0.4, 0.5) is 0 Å². The van der Waals surface area contributed by atoms with Crippen LogP contribution in [-0.2, 0) is 9.59 Å². The van der Waals surface area contributed by atoms with Crippen molar-refractivity contribution in [1.82, 2.24) is 10.2 Å². The average molecular weight is 332 g/mol. The van der Waals surface area contributed by atoms with Gasteiger partial charge in [-0.1, -0.05) is 25.6 Å². The van der Waals surface area contributed by atoms with Crippen molar-refractivity contribution < 1.29 is 19.8 Å². The summed E-state index contributed by atoms with van der Waals surface area (Å²) in [6.07, 6.45) is -0.759. The molecule has 118 valence electrons. The number of hydrogen-bond acceptors (Lipinski definition) is 6. The molecule has 0 spiro atoms. The van der Waals surface area contributed by atoms with Crippen LogP contribution in [0.25, 0.3) is 0 Å². The van der Waals surface area contributed by atoms with Gasteiger partial charge in [-0.2, -0.15) is 0 Å². The van der Waals surface area contributed by atoms with E-state index in [9.17, 15) is 19.8 Å². The lowest BCUT2D eigenvalue weighted by atomic mass is 9.92. The van der Waals surface area contributed by atoms with Crippen LogP contribution >= 0.6 is 23.5 Å². The molecule has 2 heterocycles. The Morgan fingerprint density at radius 2 is 2.19 bits per heavy atom. The Hall–Kier alpha value is -0.700. The van der Waals surface area contributed by atoms with Crippen molar-refractivity contribution in [3.63, 3.8) is 0 Å². The molecule has 3 N–H and O–H groups in total. The van der Waals surface area contributed by atoms with Gasteiger partial charge in [0, 0.05) is 11.8 Å². The summed E-state index contributed by atoms with van der Waals surface area (Å²) in [6, 6.07) is 0. The molecule has 0 aromatic rings. The van der Waals surface area contributed by atoms with Crippen LogP contribution in [0.5, 0.6) is 0 Å². The van der Waals surface area contributed by atoms with E-state index in [1.807, 2.05) is 13.8 Å². The predicted molar refractivity (Wildman–Crippen MR) is 83.7 cm³/mol. The third-order valence-corrected chi connectivity index (χ3v) is 6.17. The van der Waals surface area contributed by atoms with Crippen molar-refractivity contribution >= 4 is 35.4 Å². The minimum absolute atomic E-state index is 0.0697. The highest BCUT2D eigenvalue weighted by atomic mass is 32.2. The molecule has 0 radical (unpaired) electrons. The van der Waals surface area contributed by atoms with Gasteiger partial charge < -0.3 is 15.5 Å². The topological polar surface area (TPSA) is 89.9 Å². The predicted octanol–water partition coefficient (Wildman–Crippen LogP) is 0.883. The summed E-state index contributed by atoms with van der Waals surface area (Å²) in [6.45, 7) is 7.24. The first-order valence-corrected chi connectivity index (χ1v) is 8.67. The Bertz CT molecular complexity index is 481. The third kappa shape index (κ3) is 3.08. The zero-order valence-electron chi connectivity index (χ0n) is 12.2. The lowest BCUT2D eigenvalue weighted by Crippen LogP contribution is -2.60. The normalized spacial score (nSPS) is 27.4. The largest absolute Gasteiger partial charge is 0.477 e. The number of aliphatic hydroxyl groups excluding tert-OH is 1. The van der Waals surface area contributed by atoms with Crippen LogP contribution in [0.1, 0.15) is 20.8 Å². The average Bonchev–Trinajstić information content (AvgIpc) is 2.70. The van der Waals surface area contributed by atoms with E-state index in [2.05, 4.69) is 5.32 Å². The Labute approximate surface area is 132 Å². The summed E-state index contributed by atoms with van der Waals surface area (Å²) < 4.78 is 0.661. The number of amides is 1. The molecule has 2 rings (SSSR count). The van der Waals surface area contributed by atoms with Crippen molar-refractivity contribution in [2.24, 2.45) is 5.92 Å². The van der Waals surface area contributed by atoms with Gasteiger partial charge in [0.25, 0.3) is 0 Å². The number of aliphatic carboxylic acids is 1. The Balaban J connectivity index is 2.13. The number of thioether (sulfide) groups is 2. The lowest BCUT2D eigenvalue weighted by Gasteiger charge is -2.43. The van der Waals surface area contributed by atoms with Gasteiger partial charge in [-0.15, -0.1) is 11.8 Å². The number of β-lactam (4-membered cyclic amide) rings is 1. The molecule has 0 aliphatic carbocycles. The minimum atomic E-state index is -1.08. The number of fused-ring (bicyclic) bond motifs is 1. The van der Waals surface area contributed by atoms with E-state index in [0.29, 0.717) is 4.24 Å². The molecule has 21 heavy (non-hydrogen) atoms. The highest BCUT2D eigenvalue weighted by Gasteiger charge is 2.57. The molecule has 4 atom stereocenters. The highest BCUT2D eigenvalue weighted by molar-refractivity contribution is 8.23. The van der Waals surface area contributed by atoms with Gasteiger partial charge in [0.2, 0.25) is 5.91 Å². The van der Waals surface area contributed by atoms with Gasteiger partial charge in [0.05, 0.1) is 16.3 Å². The number of hydrogen-bond donors (Lipinski definition) is 3. The summed E-state index contributed by atoms with van der Waals surface area (Å²) in [5.74, 6) is -1.89. The maximum absolute atomic E-state index is 12.0. The second-order valence-corrected chi connectivity index (χ2v) is 7.99. The van der Waals surface area contributed by atoms with Gasteiger partial charge in [0.1, 0.15) is 5.37 Å². The fourth-order valence-corrected chi connectivity index (χ4v) is 5.60. The lowest BCUT2D eigenvalue weighted by molar-refractivity contribution is -0.156. The van der Waals surface area contributed by atoms with Crippen LogP contribution in [0.2, 0.25) is 0 Å². The maximum atomic E-state index is 12.0. The van der Waals surface area contributed by atoms with Crippen LogP contribution in [0.3, 0.4) is 0 Å². The third-order valence-electron chi connectivity index (χ3n) is 3.46. The molecule has 1 saturated heterocycles. The molecule has 2 aliphatic heterocycles. The van der Waals surface area contributed by atoms with E-state index < -0.39 is 18.0 Å². The summed E-state index contributed by atoms with van der Waals surface area (Å²) >= 11 is 2.85. The number of carboxylic acids is 1. The molecule has 6 nitrogen and oxygen atoms in total. The van der Waals surface area contributed by atoms with Gasteiger partial charge in [0.15, 0.2) is 5.70 Å². The van der Waals surface area contributed by atoms with Gasteiger partial charge in [-0.05, 0) is 13.5 Å². The zero-order valence-corrected chi connectivity index (χ0v) is 13.8. The van der Waals surface area contributed by atoms with Crippen LogP contribution in [-0.4, -0.2) is 56.8 Å². The van der Waals surface area contributed by atoms with Crippen molar-refractivity contribution in [3.8, 4) is 0 Å². The smallest absolute Gasteiger partial charge is 0.354 e. The number of rotatable bonds is 7. The zero-order chi connectivity index (χ0) is 15.7. The van der Waals surface area contributed by atoms with Gasteiger partial charge >= 0.3 is 5.97 Å². The monoisotopic (exact) mass is 332 g/mol. The number of nitrogens with one attached hydrogen (secondary N) is 1. The van der Waals surface area contributed by atoms with Crippen molar-refractivity contribution in [2.75, 3.05) is 13.1 Å². The van der Waals surface area contributed by atoms with Gasteiger partial charge in [-0.25, -0.2) is 4.79 Å². The summed E-state index contributed by atoms with van der Waals surface area (Å²) in [7, 11) is 0. The summed E-state index contributed by atoms with van der Waals surface area (Å²) in [5, 5.41) is 22.2. The molecule has 0 aromatic carbocycles. The summed E-state index contributed by atoms with van der Waals surface area (Å²) in [5.41, 5.74) is 0.0697. The maximum Gasteiger partial charge on any atom is 0.354 e. The first-order valence-electron chi connectivity index (χ1n) is 6.91. The SMILES string of the molecule is CCNCC(C)SC1=C(C(=O)O)N2C(=O)C(C(C)O)[C@H]2S1. The summed E-state index contributed by atoms with van der Waals surface area (Å²) in [4.78, 5) is 24.8. The fourth-order valence-electron chi connectivity index (χ4n) is 2.40. The first-order chi connectivity index (χ1) is 9.88. The molecule has 1 amide bonds. The molecule has 0 aromatic heterocycles. The second kappa shape index (κ2) is 6.60. The number of aliphatic hydroxyl groups is 1. The van der Waals surface area contributed by atoms with Crippen molar-refractivity contribution in [3.05, 3.63) is 9.93 Å². The van der Waals surface area contributed by atoms with E-state index in [0.717, 1.165) is 13.1 Å². The molecule has 2 aliphatic rings. The Morgan fingerprint density at radius 1 is 1.52 bits per heavy atom. The standard InChI is InChI=1S/C13H20N2O4S2/c1-4-14-5-6(2)20-13-9(12(18)19)15-10(17)8(7(3)16)11(15)21-13/h6-8,11,14,16H,4-5H2,1-3H3,(H,18,19)/t6?,7?,8?,11-/m1/s1. The molecular formula is C13H20N2O4S2. The highest BCUT2D eigenvalue weighted by Crippen LogP contribution is 2.54. The van der Waals surface area contributed by atoms with Crippen LogP contribution < -0.4 is 5.32 Å². The minimum Gasteiger partial charge on any atom is -0.477 e. The van der Waals surface area contributed by atoms with Crippen LogP contribution in [0, 0.1) is 5.92 Å². The molecule has 0 saturated carbocycles. The van der Waals surface area contributed by atoms with Crippen LogP contribution in [0.15, 0.2) is 9.93 Å². The van der Waals surface area contributed by atoms with E-state index >= 15 is 0 Å². The molecular weight excluding hydrogens is 312 g/mol. The van der Waals surface area contributed by atoms with Gasteiger partial charge in [-0.3, -0.25) is 9.69 Å². The number of nitrogens with zero attached hydrogens (tertiary/aromatic N) is 1. The van der Waals surface area contributed by atoms with E-state index in [4.69, 9.17) is 0 Å². The number of carbonyl (C=O) groups is 2. The van der Waals surface area contributed by atoms with E-state index in [-0.39, 0.29) is 22.2 Å². The fraction of sp³-hybridized carbons (Fsp3) is 0.692. The molecule has 0 bridgehead atoms. The van der Waals surface area contributed by atoms with Crippen molar-refractivity contribution in [1.29, 1.82) is 0 Å². The van der Waals surface area contributed by atoms with E-state index in [1.165, 1.54) is 28.4 Å². The number of carboxylic acid groups (broad SMARTS) is 1. The van der Waals surface area contributed by atoms with Crippen molar-refractivity contribution in [2.45, 2.75) is 37.5 Å². The number of carbonyl (C=O) groups excluding carboxylic acids is 1. The second-order valence-electron chi connectivity index (χ2n) is 5.16. The molecule has 1 fully saturated rings. The molecule has 3 unspecified atom stereocenters.